The minimum atomic E-state index is 0.324. The van der Waals surface area contributed by atoms with E-state index in [-0.39, 0.29) is 0 Å². The highest BCUT2D eigenvalue weighted by Gasteiger charge is 1.97. The van der Waals surface area contributed by atoms with Crippen molar-refractivity contribution in [1.29, 1.82) is 0 Å². The van der Waals surface area contributed by atoms with Crippen molar-refractivity contribution in [2.45, 2.75) is 19.9 Å². The van der Waals surface area contributed by atoms with Gasteiger partial charge >= 0.3 is 0 Å². The molecule has 0 bridgehead atoms. The van der Waals surface area contributed by atoms with E-state index in [1.54, 1.807) is 7.05 Å². The molecular formula is C4H12NO+. The average Bonchev–Trinajstić information content (AvgIpc) is 1.36. The zero-order chi connectivity index (χ0) is 5.15. The molecule has 1 unspecified atom stereocenters. The molecule has 2 nitrogen and oxygen atoms in total. The van der Waals surface area contributed by atoms with Crippen LogP contribution in [0.5, 0.6) is 0 Å². The molecule has 0 rings (SSSR count). The van der Waals surface area contributed by atoms with Crippen LogP contribution in [0.25, 0.3) is 0 Å². The lowest BCUT2D eigenvalue weighted by molar-refractivity contribution is -1.09. The molecule has 0 aliphatic carbocycles. The van der Waals surface area contributed by atoms with Gasteiger partial charge in [-0.3, -0.25) is 0 Å². The van der Waals surface area contributed by atoms with E-state index < -0.39 is 0 Å². The second-order valence-corrected chi connectivity index (χ2v) is 1.80. The molecule has 38 valence electrons. The van der Waals surface area contributed by atoms with Crippen LogP contribution in [0.15, 0.2) is 0 Å². The van der Waals surface area contributed by atoms with Gasteiger partial charge in [0, 0.05) is 0 Å². The summed E-state index contributed by atoms with van der Waals surface area (Å²) in [5.41, 5.74) is 0. The van der Waals surface area contributed by atoms with Gasteiger partial charge in [-0.15, -0.1) is 0 Å². The van der Waals surface area contributed by atoms with E-state index in [1.165, 1.54) is 0 Å². The largest absolute Gasteiger partial charge is 0.219 e. The molecular weight excluding hydrogens is 78.0 g/mol. The Labute approximate surface area is 38.3 Å². The molecule has 0 heterocycles. The first-order valence-electron chi connectivity index (χ1n) is 2.17. The molecule has 0 saturated heterocycles. The summed E-state index contributed by atoms with van der Waals surface area (Å²) in [6.45, 7) is 3.91. The summed E-state index contributed by atoms with van der Waals surface area (Å²) in [5.74, 6) is 0. The van der Waals surface area contributed by atoms with Gasteiger partial charge in [-0.2, -0.15) is 5.06 Å². The molecule has 0 spiro atoms. The monoisotopic (exact) mass is 90.1 g/mol. The van der Waals surface area contributed by atoms with Crippen molar-refractivity contribution in [3.63, 3.8) is 0 Å². The van der Waals surface area contributed by atoms with Gasteiger partial charge in [0.2, 0.25) is 0 Å². The van der Waals surface area contributed by atoms with Crippen LogP contribution in [-0.2, 0) is 0 Å². The molecule has 0 amide bonds. The maximum Gasteiger partial charge on any atom is 0.111 e. The molecule has 0 aromatic heterocycles. The Morgan fingerprint density at radius 1 is 1.50 bits per heavy atom. The number of quaternary nitrogens is 1. The van der Waals surface area contributed by atoms with Crippen LogP contribution in [0.3, 0.4) is 0 Å². The maximum absolute atomic E-state index is 8.55. The zero-order valence-electron chi connectivity index (χ0n) is 4.52. The fourth-order valence-electron chi connectivity index (χ4n) is 0. The summed E-state index contributed by atoms with van der Waals surface area (Å²) in [6, 6.07) is 0.324. The summed E-state index contributed by atoms with van der Waals surface area (Å²) < 4.78 is 0. The van der Waals surface area contributed by atoms with Gasteiger partial charge < -0.3 is 0 Å². The van der Waals surface area contributed by atoms with E-state index in [0.29, 0.717) is 11.1 Å². The molecule has 2 N–H and O–H groups in total. The number of nitrogens with one attached hydrogen (secondary N) is 1. The lowest BCUT2D eigenvalue weighted by Gasteiger charge is -2.05. The fraction of sp³-hybridized carbons (Fsp3) is 1.00. The van der Waals surface area contributed by atoms with E-state index in [9.17, 15) is 0 Å². The number of hydrogen-bond donors (Lipinski definition) is 2. The Hall–Kier alpha value is -0.0800. The van der Waals surface area contributed by atoms with Gasteiger partial charge in [0.05, 0.1) is 7.05 Å². The van der Waals surface area contributed by atoms with Crippen molar-refractivity contribution in [2.75, 3.05) is 7.05 Å². The van der Waals surface area contributed by atoms with Crippen molar-refractivity contribution in [3.05, 3.63) is 0 Å². The molecule has 0 aliphatic heterocycles. The fourth-order valence-corrected chi connectivity index (χ4v) is 0. The highest BCUT2D eigenvalue weighted by molar-refractivity contribution is 4.21. The normalized spacial score (nSPS) is 15.5. The van der Waals surface area contributed by atoms with Gasteiger partial charge in [-0.25, -0.2) is 5.21 Å². The number of rotatable bonds is 1. The van der Waals surface area contributed by atoms with Crippen molar-refractivity contribution >= 4 is 0 Å². The van der Waals surface area contributed by atoms with Crippen LogP contribution >= 0.6 is 0 Å². The summed E-state index contributed by atoms with van der Waals surface area (Å²) in [7, 11) is 1.71. The van der Waals surface area contributed by atoms with E-state index in [4.69, 9.17) is 5.21 Å². The lowest BCUT2D eigenvalue weighted by atomic mass is 10.4. The van der Waals surface area contributed by atoms with E-state index in [2.05, 4.69) is 0 Å². The standard InChI is InChI=1S/C4H11NO/c1-4(2)5(3)6/h4,6H,1-3H3/p+1. The van der Waals surface area contributed by atoms with Gasteiger partial charge in [0.15, 0.2) is 0 Å². The molecule has 0 radical (unpaired) electrons. The minimum Gasteiger partial charge on any atom is -0.219 e. The average molecular weight is 90.1 g/mol. The summed E-state index contributed by atoms with van der Waals surface area (Å²) in [4.78, 5) is 0. The summed E-state index contributed by atoms with van der Waals surface area (Å²) >= 11 is 0. The van der Waals surface area contributed by atoms with Crippen LogP contribution in [-0.4, -0.2) is 18.3 Å². The van der Waals surface area contributed by atoms with Gasteiger partial charge in [0.25, 0.3) is 0 Å². The predicted octanol–water partition coefficient (Wildman–Crippen LogP) is -0.701. The Kier molecular flexibility index (Phi) is 2.13. The van der Waals surface area contributed by atoms with Crippen molar-refractivity contribution in [2.24, 2.45) is 0 Å². The summed E-state index contributed by atoms with van der Waals surface area (Å²) in [6.07, 6.45) is 0. The van der Waals surface area contributed by atoms with Crippen molar-refractivity contribution in [1.82, 2.24) is 0 Å². The summed E-state index contributed by atoms with van der Waals surface area (Å²) in [5, 5.41) is 9.06. The zero-order valence-corrected chi connectivity index (χ0v) is 4.52. The van der Waals surface area contributed by atoms with Gasteiger partial charge in [0.1, 0.15) is 6.04 Å². The van der Waals surface area contributed by atoms with Crippen LogP contribution in [0.4, 0.5) is 0 Å². The Morgan fingerprint density at radius 3 is 1.67 bits per heavy atom. The van der Waals surface area contributed by atoms with Crippen LogP contribution in [0.1, 0.15) is 13.8 Å². The first kappa shape index (κ1) is 5.92. The second kappa shape index (κ2) is 2.16. The third-order valence-corrected chi connectivity index (χ3v) is 0.836. The van der Waals surface area contributed by atoms with Crippen LogP contribution in [0.2, 0.25) is 0 Å². The Bertz CT molecular complexity index is 28.5. The topological polar surface area (TPSA) is 24.7 Å². The Morgan fingerprint density at radius 2 is 1.67 bits per heavy atom. The third kappa shape index (κ3) is 2.18. The van der Waals surface area contributed by atoms with Gasteiger partial charge in [-0.05, 0) is 13.8 Å². The first-order chi connectivity index (χ1) is 2.64. The van der Waals surface area contributed by atoms with E-state index in [1.807, 2.05) is 13.8 Å². The number of hydrogen-bond acceptors (Lipinski definition) is 1. The smallest absolute Gasteiger partial charge is 0.111 e. The van der Waals surface area contributed by atoms with Crippen LogP contribution in [0, 0.1) is 0 Å². The predicted molar refractivity (Wildman–Crippen MR) is 23.8 cm³/mol. The van der Waals surface area contributed by atoms with Gasteiger partial charge in [-0.1, -0.05) is 0 Å². The molecule has 1 atom stereocenters. The molecule has 0 aromatic carbocycles. The van der Waals surface area contributed by atoms with Crippen LogP contribution < -0.4 is 5.06 Å². The highest BCUT2D eigenvalue weighted by atomic mass is 16.5. The number of hydroxylamine groups is 2. The third-order valence-electron chi connectivity index (χ3n) is 0.836. The molecule has 6 heavy (non-hydrogen) atoms. The molecule has 0 aromatic rings. The quantitative estimate of drug-likeness (QED) is 0.409. The second-order valence-electron chi connectivity index (χ2n) is 1.80. The highest BCUT2D eigenvalue weighted by Crippen LogP contribution is 1.59. The maximum atomic E-state index is 8.55. The SMILES string of the molecule is CC(C)[NH+](C)O. The van der Waals surface area contributed by atoms with Crippen molar-refractivity contribution in [3.8, 4) is 0 Å². The Balaban J connectivity index is 2.99. The first-order valence-corrected chi connectivity index (χ1v) is 2.17. The molecule has 0 fully saturated rings. The molecule has 2 heteroatoms. The van der Waals surface area contributed by atoms with Crippen molar-refractivity contribution < 1.29 is 10.3 Å². The minimum absolute atomic E-state index is 0.324. The lowest BCUT2D eigenvalue weighted by Crippen LogP contribution is -3.09. The van der Waals surface area contributed by atoms with E-state index >= 15 is 0 Å². The molecule has 0 aliphatic rings. The van der Waals surface area contributed by atoms with E-state index in [0.717, 1.165) is 0 Å². The molecule has 0 saturated carbocycles.